The SMILES string of the molecule is CC(=O)OC1(c2ccoc2)C(=O)C(C2(c3ccccc3)SCCCS2)=C1OC(C)C. The predicted molar refractivity (Wildman–Crippen MR) is 118 cm³/mol. The van der Waals surface area contributed by atoms with Crippen molar-refractivity contribution in [1.29, 1.82) is 0 Å². The third-order valence-corrected chi connectivity index (χ3v) is 8.44. The first-order chi connectivity index (χ1) is 14.4. The molecule has 1 aliphatic carbocycles. The number of Topliss-reactive ketones (excluding diaryl/α,β-unsaturated/α-hetero) is 1. The van der Waals surface area contributed by atoms with Crippen LogP contribution in [0.2, 0.25) is 0 Å². The lowest BCUT2D eigenvalue weighted by atomic mass is 9.71. The number of carbonyl (C=O) groups is 2. The smallest absolute Gasteiger partial charge is 0.304 e. The van der Waals surface area contributed by atoms with Gasteiger partial charge in [0, 0.05) is 12.5 Å². The minimum absolute atomic E-state index is 0.198. The van der Waals surface area contributed by atoms with E-state index in [0.717, 1.165) is 23.5 Å². The van der Waals surface area contributed by atoms with Gasteiger partial charge in [-0.2, -0.15) is 0 Å². The zero-order valence-electron chi connectivity index (χ0n) is 17.2. The van der Waals surface area contributed by atoms with E-state index < -0.39 is 15.6 Å². The molecule has 0 radical (unpaired) electrons. The molecule has 5 nitrogen and oxygen atoms in total. The molecule has 1 atom stereocenters. The summed E-state index contributed by atoms with van der Waals surface area (Å²) >= 11 is 3.48. The summed E-state index contributed by atoms with van der Waals surface area (Å²) in [4.78, 5) is 26.0. The second-order valence-corrected chi connectivity index (χ2v) is 10.4. The molecule has 1 aromatic heterocycles. The molecule has 0 bridgehead atoms. The van der Waals surface area contributed by atoms with E-state index in [2.05, 4.69) is 0 Å². The first kappa shape index (κ1) is 21.1. The summed E-state index contributed by atoms with van der Waals surface area (Å²) in [5, 5.41) is 0. The standard InChI is InChI=1S/C23H24O5S2/c1-15(2)27-21-19(20(25)22(21,28-16(3)24)18-10-11-26-14-18)23(29-12-7-13-30-23)17-8-5-4-6-9-17/h4-6,8-11,14-15H,7,12-13H2,1-3H3. The molecule has 2 heterocycles. The highest BCUT2D eigenvalue weighted by Crippen LogP contribution is 2.63. The van der Waals surface area contributed by atoms with Crippen molar-refractivity contribution in [2.75, 3.05) is 11.5 Å². The molecule has 0 saturated carbocycles. The second-order valence-electron chi connectivity index (χ2n) is 7.52. The maximum atomic E-state index is 13.9. The van der Waals surface area contributed by atoms with E-state index in [4.69, 9.17) is 13.9 Å². The van der Waals surface area contributed by atoms with Crippen molar-refractivity contribution in [2.24, 2.45) is 0 Å². The quantitative estimate of drug-likeness (QED) is 0.579. The van der Waals surface area contributed by atoms with Crippen molar-refractivity contribution >= 4 is 35.3 Å². The molecular weight excluding hydrogens is 420 g/mol. The minimum Gasteiger partial charge on any atom is -0.490 e. The molecular formula is C23H24O5S2. The molecule has 1 saturated heterocycles. The van der Waals surface area contributed by atoms with Crippen LogP contribution in [-0.4, -0.2) is 29.4 Å². The summed E-state index contributed by atoms with van der Waals surface area (Å²) in [6.45, 7) is 5.10. The Labute approximate surface area is 184 Å². The van der Waals surface area contributed by atoms with Gasteiger partial charge in [-0.3, -0.25) is 9.59 Å². The van der Waals surface area contributed by atoms with E-state index >= 15 is 0 Å². The average molecular weight is 445 g/mol. The summed E-state index contributed by atoms with van der Waals surface area (Å²) in [6.07, 6.45) is 3.78. The van der Waals surface area contributed by atoms with Gasteiger partial charge in [0.25, 0.3) is 5.60 Å². The monoisotopic (exact) mass is 444 g/mol. The van der Waals surface area contributed by atoms with Gasteiger partial charge in [0.05, 0.1) is 24.2 Å². The van der Waals surface area contributed by atoms with Crippen molar-refractivity contribution in [2.45, 2.75) is 43.0 Å². The molecule has 0 spiro atoms. The third-order valence-electron chi connectivity index (χ3n) is 5.05. The molecule has 1 aliphatic heterocycles. The largest absolute Gasteiger partial charge is 0.490 e. The normalized spacial score (nSPS) is 23.3. The Bertz CT molecular complexity index is 959. The molecule has 0 amide bonds. The lowest BCUT2D eigenvalue weighted by Crippen LogP contribution is -2.56. The maximum Gasteiger partial charge on any atom is 0.304 e. The third kappa shape index (κ3) is 3.28. The topological polar surface area (TPSA) is 65.7 Å². The molecule has 4 rings (SSSR count). The van der Waals surface area contributed by atoms with Crippen LogP contribution in [0, 0.1) is 0 Å². The molecule has 1 aromatic carbocycles. The van der Waals surface area contributed by atoms with Gasteiger partial charge in [0.15, 0.2) is 5.76 Å². The highest BCUT2D eigenvalue weighted by atomic mass is 32.2. The lowest BCUT2D eigenvalue weighted by molar-refractivity contribution is -0.171. The molecule has 158 valence electrons. The fourth-order valence-electron chi connectivity index (χ4n) is 3.91. The number of ether oxygens (including phenoxy) is 2. The Kier molecular flexibility index (Phi) is 5.77. The number of carbonyl (C=O) groups excluding carboxylic acids is 2. The van der Waals surface area contributed by atoms with Crippen molar-refractivity contribution in [3.63, 3.8) is 0 Å². The van der Waals surface area contributed by atoms with Gasteiger partial charge in [0.2, 0.25) is 5.78 Å². The Hall–Kier alpha value is -2.12. The summed E-state index contributed by atoms with van der Waals surface area (Å²) in [6, 6.07) is 11.7. The van der Waals surface area contributed by atoms with Gasteiger partial charge < -0.3 is 13.9 Å². The van der Waals surface area contributed by atoms with E-state index in [-0.39, 0.29) is 11.9 Å². The zero-order chi connectivity index (χ0) is 21.4. The minimum atomic E-state index is -1.60. The van der Waals surface area contributed by atoms with Gasteiger partial charge in [0.1, 0.15) is 4.08 Å². The fourth-order valence-corrected chi connectivity index (χ4v) is 7.35. The first-order valence-electron chi connectivity index (χ1n) is 9.94. The number of benzene rings is 1. The van der Waals surface area contributed by atoms with Crippen LogP contribution in [0.1, 0.15) is 38.3 Å². The van der Waals surface area contributed by atoms with Gasteiger partial charge in [-0.15, -0.1) is 23.5 Å². The molecule has 2 aliphatic rings. The van der Waals surface area contributed by atoms with Gasteiger partial charge >= 0.3 is 5.97 Å². The summed E-state index contributed by atoms with van der Waals surface area (Å²) in [5.41, 5.74) is 0.478. The highest BCUT2D eigenvalue weighted by molar-refractivity contribution is 8.18. The number of hydrogen-bond donors (Lipinski definition) is 0. The summed E-state index contributed by atoms with van der Waals surface area (Å²) in [5.74, 6) is 1.47. The number of thioether (sulfide) groups is 2. The fraction of sp³-hybridized carbons (Fsp3) is 0.391. The number of ketones is 1. The van der Waals surface area contributed by atoms with Gasteiger partial charge in [-0.1, -0.05) is 30.3 Å². The van der Waals surface area contributed by atoms with Crippen LogP contribution in [0.15, 0.2) is 64.7 Å². The lowest BCUT2D eigenvalue weighted by Gasteiger charge is -2.49. The maximum absolute atomic E-state index is 13.9. The van der Waals surface area contributed by atoms with E-state index in [1.165, 1.54) is 19.5 Å². The van der Waals surface area contributed by atoms with Crippen LogP contribution in [0.4, 0.5) is 0 Å². The van der Waals surface area contributed by atoms with Crippen molar-refractivity contribution in [3.8, 4) is 0 Å². The summed E-state index contributed by atoms with van der Waals surface area (Å²) < 4.78 is 16.6. The van der Waals surface area contributed by atoms with Crippen LogP contribution in [-0.2, 0) is 28.7 Å². The van der Waals surface area contributed by atoms with Gasteiger partial charge in [-0.05, 0) is 43.4 Å². The number of furan rings is 1. The van der Waals surface area contributed by atoms with Crippen molar-refractivity contribution in [3.05, 3.63) is 71.4 Å². The first-order valence-corrected chi connectivity index (χ1v) is 11.9. The number of rotatable bonds is 6. The van der Waals surface area contributed by atoms with E-state index in [0.29, 0.717) is 16.9 Å². The highest BCUT2D eigenvalue weighted by Gasteiger charge is 2.66. The van der Waals surface area contributed by atoms with E-state index in [9.17, 15) is 9.59 Å². The van der Waals surface area contributed by atoms with E-state index in [1.54, 1.807) is 29.6 Å². The van der Waals surface area contributed by atoms with E-state index in [1.807, 2.05) is 44.2 Å². The average Bonchev–Trinajstić information content (AvgIpc) is 3.27. The zero-order valence-corrected chi connectivity index (χ0v) is 18.8. The molecule has 30 heavy (non-hydrogen) atoms. The van der Waals surface area contributed by atoms with Crippen LogP contribution < -0.4 is 0 Å². The van der Waals surface area contributed by atoms with Crippen LogP contribution in [0.5, 0.6) is 0 Å². The van der Waals surface area contributed by atoms with Crippen molar-refractivity contribution in [1.82, 2.24) is 0 Å². The Morgan fingerprint density at radius 1 is 1.10 bits per heavy atom. The number of esters is 1. The van der Waals surface area contributed by atoms with Crippen molar-refractivity contribution < 1.29 is 23.5 Å². The summed E-state index contributed by atoms with van der Waals surface area (Å²) in [7, 11) is 0. The van der Waals surface area contributed by atoms with Crippen LogP contribution in [0.3, 0.4) is 0 Å². The molecule has 1 fully saturated rings. The Balaban J connectivity index is 1.96. The molecule has 0 N–H and O–H groups in total. The number of hydrogen-bond acceptors (Lipinski definition) is 7. The van der Waals surface area contributed by atoms with Gasteiger partial charge in [-0.25, -0.2) is 0 Å². The second kappa shape index (κ2) is 8.19. The molecule has 1 unspecified atom stereocenters. The molecule has 7 heteroatoms. The molecule has 2 aromatic rings. The van der Waals surface area contributed by atoms with Crippen LogP contribution in [0.25, 0.3) is 0 Å². The Morgan fingerprint density at radius 2 is 1.80 bits per heavy atom. The Morgan fingerprint density at radius 3 is 2.37 bits per heavy atom. The van der Waals surface area contributed by atoms with Crippen LogP contribution >= 0.6 is 23.5 Å². The predicted octanol–water partition coefficient (Wildman–Crippen LogP) is 5.02.